The van der Waals surface area contributed by atoms with Crippen molar-refractivity contribution in [1.29, 1.82) is 0 Å². The lowest BCUT2D eigenvalue weighted by molar-refractivity contribution is -0.159. The molecular formula is C21H23FN4O6S. The molecule has 0 amide bonds. The van der Waals surface area contributed by atoms with Crippen molar-refractivity contribution in [2.45, 2.75) is 11.8 Å². The number of carbonyl (C=O) groups is 2. The van der Waals surface area contributed by atoms with E-state index in [1.165, 1.54) is 6.07 Å². The predicted octanol–water partition coefficient (Wildman–Crippen LogP) is 1.81. The Balaban J connectivity index is 0.000000569. The number of carboxylic acid groups (broad SMARTS) is 2. The Kier molecular flexibility index (Phi) is 10.8. The van der Waals surface area contributed by atoms with E-state index in [2.05, 4.69) is 15.5 Å². The zero-order chi connectivity index (χ0) is 24.1. The number of thioether (sulfide) groups is 1. The van der Waals surface area contributed by atoms with Crippen molar-refractivity contribution < 1.29 is 34.0 Å². The Bertz CT molecular complexity index is 1020. The largest absolute Gasteiger partial charge is 0.483 e. The van der Waals surface area contributed by atoms with Crippen molar-refractivity contribution >= 4 is 23.7 Å². The minimum absolute atomic E-state index is 0.103. The van der Waals surface area contributed by atoms with E-state index in [0.717, 1.165) is 23.1 Å². The molecule has 4 N–H and O–H groups in total. The number of rotatable bonds is 10. The molecule has 0 saturated heterocycles. The first-order valence-electron chi connectivity index (χ1n) is 9.71. The Hall–Kier alpha value is -3.48. The first-order chi connectivity index (χ1) is 15.9. The summed E-state index contributed by atoms with van der Waals surface area (Å²) in [6.45, 7) is 1.52. The summed E-state index contributed by atoms with van der Waals surface area (Å²) in [7, 11) is 0. The maximum absolute atomic E-state index is 13.8. The van der Waals surface area contributed by atoms with Crippen LogP contribution in [-0.4, -0.2) is 67.5 Å². The summed E-state index contributed by atoms with van der Waals surface area (Å²) in [6.07, 6.45) is 0. The Labute approximate surface area is 193 Å². The molecule has 0 atom stereocenters. The zero-order valence-electron chi connectivity index (χ0n) is 17.4. The second kappa shape index (κ2) is 13.8. The van der Waals surface area contributed by atoms with Gasteiger partial charge >= 0.3 is 11.9 Å². The molecule has 10 nitrogen and oxygen atoms in total. The van der Waals surface area contributed by atoms with Crippen molar-refractivity contribution in [3.63, 3.8) is 0 Å². The highest BCUT2D eigenvalue weighted by Crippen LogP contribution is 2.23. The van der Waals surface area contributed by atoms with Gasteiger partial charge in [0, 0.05) is 24.5 Å². The number of aliphatic hydroxyl groups excluding tert-OH is 1. The number of aliphatic carboxylic acids is 2. The van der Waals surface area contributed by atoms with Gasteiger partial charge in [0.05, 0.1) is 6.61 Å². The molecule has 0 bridgehead atoms. The highest BCUT2D eigenvalue weighted by molar-refractivity contribution is 7.99. The van der Waals surface area contributed by atoms with E-state index < -0.39 is 17.8 Å². The molecule has 0 aliphatic heterocycles. The number of nitrogens with one attached hydrogen (secondary N) is 1. The van der Waals surface area contributed by atoms with Gasteiger partial charge in [-0.25, -0.2) is 14.0 Å². The number of para-hydroxylation sites is 2. The maximum Gasteiger partial charge on any atom is 0.414 e. The summed E-state index contributed by atoms with van der Waals surface area (Å²) in [5, 5.41) is 36.0. The Morgan fingerprint density at radius 2 is 1.67 bits per heavy atom. The van der Waals surface area contributed by atoms with Crippen molar-refractivity contribution in [2.24, 2.45) is 0 Å². The lowest BCUT2D eigenvalue weighted by atomic mass is 10.3. The number of aliphatic hydroxyl groups is 1. The summed E-state index contributed by atoms with van der Waals surface area (Å²) < 4.78 is 21.3. The van der Waals surface area contributed by atoms with E-state index in [1.807, 2.05) is 34.9 Å². The molecule has 3 aromatic rings. The van der Waals surface area contributed by atoms with Gasteiger partial charge < -0.3 is 25.4 Å². The summed E-state index contributed by atoms with van der Waals surface area (Å²) >= 11 is 1.55. The summed E-state index contributed by atoms with van der Waals surface area (Å²) in [6, 6.07) is 16.0. The van der Waals surface area contributed by atoms with Crippen LogP contribution in [0.1, 0.15) is 5.82 Å². The number of benzene rings is 2. The minimum atomic E-state index is -1.82. The highest BCUT2D eigenvalue weighted by atomic mass is 32.2. The van der Waals surface area contributed by atoms with E-state index >= 15 is 0 Å². The number of hydrogen-bond acceptors (Lipinski definition) is 8. The molecule has 0 radical (unpaired) electrons. The SMILES string of the molecule is O=C(O)C(=O)O.OCCNCCSc1nnc(COc2ccccc2F)n1-c1ccccc1. The predicted molar refractivity (Wildman–Crippen MR) is 118 cm³/mol. The molecule has 0 saturated carbocycles. The number of halogens is 1. The smallest absolute Gasteiger partial charge is 0.414 e. The monoisotopic (exact) mass is 478 g/mol. The number of carboxylic acids is 2. The van der Waals surface area contributed by atoms with Crippen LogP contribution < -0.4 is 10.1 Å². The molecule has 12 heteroatoms. The van der Waals surface area contributed by atoms with Crippen LogP contribution in [-0.2, 0) is 16.2 Å². The third-order valence-corrected chi connectivity index (χ3v) is 4.82. The van der Waals surface area contributed by atoms with Crippen LogP contribution in [0.2, 0.25) is 0 Å². The molecule has 0 spiro atoms. The molecule has 0 fully saturated rings. The van der Waals surface area contributed by atoms with Gasteiger partial charge in [0.1, 0.15) is 6.61 Å². The van der Waals surface area contributed by atoms with Gasteiger partial charge in [0.2, 0.25) is 0 Å². The summed E-state index contributed by atoms with van der Waals surface area (Å²) in [5.41, 5.74) is 0.917. The second-order valence-corrected chi connectivity index (χ2v) is 7.28. The van der Waals surface area contributed by atoms with Crippen LogP contribution in [0, 0.1) is 5.82 Å². The molecule has 1 aromatic heterocycles. The van der Waals surface area contributed by atoms with Crippen LogP contribution in [0.5, 0.6) is 5.75 Å². The topological polar surface area (TPSA) is 147 Å². The molecular weight excluding hydrogens is 455 g/mol. The second-order valence-electron chi connectivity index (χ2n) is 6.22. The van der Waals surface area contributed by atoms with Gasteiger partial charge in [0.15, 0.2) is 22.5 Å². The molecule has 0 aliphatic rings. The molecule has 33 heavy (non-hydrogen) atoms. The van der Waals surface area contributed by atoms with E-state index in [9.17, 15) is 4.39 Å². The average Bonchev–Trinajstić information content (AvgIpc) is 3.22. The molecule has 3 rings (SSSR count). The van der Waals surface area contributed by atoms with Crippen LogP contribution in [0.3, 0.4) is 0 Å². The number of ether oxygens (including phenoxy) is 1. The number of hydrogen-bond donors (Lipinski definition) is 4. The molecule has 1 heterocycles. The highest BCUT2D eigenvalue weighted by Gasteiger charge is 2.15. The normalized spacial score (nSPS) is 10.2. The van der Waals surface area contributed by atoms with Crippen molar-refractivity contribution in [1.82, 2.24) is 20.1 Å². The van der Waals surface area contributed by atoms with E-state index in [1.54, 1.807) is 30.0 Å². The fourth-order valence-electron chi connectivity index (χ4n) is 2.45. The van der Waals surface area contributed by atoms with Crippen LogP contribution in [0.4, 0.5) is 4.39 Å². The molecule has 0 unspecified atom stereocenters. The van der Waals surface area contributed by atoms with Gasteiger partial charge in [-0.1, -0.05) is 42.1 Å². The summed E-state index contributed by atoms with van der Waals surface area (Å²) in [5.74, 6) is -2.50. The van der Waals surface area contributed by atoms with Crippen molar-refractivity contribution in [3.8, 4) is 11.4 Å². The van der Waals surface area contributed by atoms with Crippen LogP contribution in [0.25, 0.3) is 5.69 Å². The average molecular weight is 479 g/mol. The summed E-state index contributed by atoms with van der Waals surface area (Å²) in [4.78, 5) is 18.2. The van der Waals surface area contributed by atoms with Crippen molar-refractivity contribution in [2.75, 3.05) is 25.4 Å². The Morgan fingerprint density at radius 1 is 1.00 bits per heavy atom. The van der Waals surface area contributed by atoms with Crippen LogP contribution >= 0.6 is 11.8 Å². The minimum Gasteiger partial charge on any atom is -0.483 e. The first kappa shape index (κ1) is 25.8. The van der Waals surface area contributed by atoms with E-state index in [0.29, 0.717) is 12.4 Å². The molecule has 2 aromatic carbocycles. The van der Waals surface area contributed by atoms with Crippen molar-refractivity contribution in [3.05, 3.63) is 66.2 Å². The van der Waals surface area contributed by atoms with Gasteiger partial charge in [-0.3, -0.25) is 4.57 Å². The van der Waals surface area contributed by atoms with Crippen LogP contribution in [0.15, 0.2) is 59.8 Å². The maximum atomic E-state index is 13.8. The Morgan fingerprint density at radius 3 is 2.30 bits per heavy atom. The van der Waals surface area contributed by atoms with E-state index in [4.69, 9.17) is 29.6 Å². The number of aromatic nitrogens is 3. The van der Waals surface area contributed by atoms with Gasteiger partial charge in [-0.05, 0) is 24.3 Å². The molecule has 176 valence electrons. The lowest BCUT2D eigenvalue weighted by Gasteiger charge is -2.11. The third-order valence-electron chi connectivity index (χ3n) is 3.89. The standard InChI is InChI=1S/C19H21FN4O2S.C2H2O4/c20-16-8-4-5-9-17(16)26-14-18-22-23-19(27-13-11-21-10-12-25)24(18)15-6-2-1-3-7-15;3-1(4)2(5)6/h1-9,21,25H,10-14H2;(H,3,4)(H,5,6). The first-order valence-corrected chi connectivity index (χ1v) is 10.7. The fraction of sp³-hybridized carbons (Fsp3) is 0.238. The van der Waals surface area contributed by atoms with Gasteiger partial charge in [-0.2, -0.15) is 0 Å². The van der Waals surface area contributed by atoms with Gasteiger partial charge in [0.25, 0.3) is 0 Å². The number of nitrogens with zero attached hydrogens (tertiary/aromatic N) is 3. The van der Waals surface area contributed by atoms with Gasteiger partial charge in [-0.15, -0.1) is 10.2 Å². The third kappa shape index (κ3) is 8.52. The lowest BCUT2D eigenvalue weighted by Crippen LogP contribution is -2.21. The fourth-order valence-corrected chi connectivity index (χ4v) is 3.31. The quantitative estimate of drug-likeness (QED) is 0.193. The molecule has 0 aliphatic carbocycles. The van der Waals surface area contributed by atoms with E-state index in [-0.39, 0.29) is 19.0 Å². The zero-order valence-corrected chi connectivity index (χ0v) is 18.2.